The zero-order valence-electron chi connectivity index (χ0n) is 76.9. The Balaban J connectivity index is 0.000000216. The first-order valence-electron chi connectivity index (χ1n) is 43.0. The zero-order valence-corrected chi connectivity index (χ0v) is 78.4. The molecule has 0 fully saturated rings. The van der Waals surface area contributed by atoms with Crippen molar-refractivity contribution in [3.05, 3.63) is 367 Å². The van der Waals surface area contributed by atoms with Gasteiger partial charge >= 0.3 is 18.2 Å². The van der Waals surface area contributed by atoms with Crippen molar-refractivity contribution in [2.45, 2.75) is 96.2 Å². The number of halogens is 6. The number of carboxylic acid groups (broad SMARTS) is 1. The van der Waals surface area contributed by atoms with Gasteiger partial charge in [0, 0.05) is 51.7 Å². The Morgan fingerprint density at radius 2 is 0.624 bits per heavy atom. The maximum absolute atomic E-state index is 13.1. The number of benzene rings is 8. The number of nitrogens with zero attached hydrogens (tertiary/aromatic N) is 6. The second kappa shape index (κ2) is 55.4. The van der Waals surface area contributed by atoms with Crippen molar-refractivity contribution in [3.63, 3.8) is 0 Å². The van der Waals surface area contributed by atoms with E-state index in [-0.39, 0.29) is 84.6 Å². The van der Waals surface area contributed by atoms with Crippen LogP contribution in [0, 0.1) is 23.3 Å². The molecule has 6 aromatic heterocycles. The summed E-state index contributed by atoms with van der Waals surface area (Å²) >= 11 is 5.10. The molecule has 8 aromatic carbocycles. The molecule has 36 heteroatoms. The molecule has 4 atom stereocenters. The first-order chi connectivity index (χ1) is 66.9. The molecule has 0 unspecified atom stereocenters. The molecular formula is C105H101Cl2F4N11O19. The summed E-state index contributed by atoms with van der Waals surface area (Å²) < 4.78 is 84.5. The van der Waals surface area contributed by atoms with Gasteiger partial charge in [-0.1, -0.05) is 36.4 Å². The second-order valence-corrected chi connectivity index (χ2v) is 32.4. The SMILES string of the molecule is CC(C)(C)OC(=O)N[C@@H](CO)C(=O)Cc1cccc(-c2ccc(Oc3ccc(F)cc3)cc2)n1.CC(C)(C)OC(=O)N[C@@H](CO)C(=O)O.Cl.N[C@@H](CO)C(=O)Cc1cccc(-c2ccc(Oc3ccc(F)cc3)cc2)n1.Nc1cccc(-c2ccc(Oc3ccc(F)cc3)cc2)n1.O=C(Cl)c1ccccn1.O=C(N[C@@H](CO)C(=O)Cc1cccc(-c2ccc(Oc3ccc(F)cc3)cc2)n1)c1ccccn1. The largest absolute Gasteiger partial charge is 0.480 e. The van der Waals surface area contributed by atoms with E-state index in [1.54, 1.807) is 193 Å². The first-order valence-corrected chi connectivity index (χ1v) is 43.4. The van der Waals surface area contributed by atoms with Crippen LogP contribution in [0.4, 0.5) is 33.0 Å². The van der Waals surface area contributed by atoms with E-state index in [9.17, 15) is 66.1 Å². The number of pyridine rings is 6. The molecule has 0 aliphatic carbocycles. The highest BCUT2D eigenvalue weighted by molar-refractivity contribution is 6.67. The van der Waals surface area contributed by atoms with Gasteiger partial charge < -0.3 is 81.4 Å². The number of carboxylic acids is 1. The third-order valence-corrected chi connectivity index (χ3v) is 18.9. The number of nitrogens with one attached hydrogen (secondary N) is 3. The summed E-state index contributed by atoms with van der Waals surface area (Å²) in [5, 5.41) is 51.7. The number of nitrogen functional groups attached to an aromatic ring is 1. The number of nitrogens with two attached hydrogens (primary N) is 2. The predicted octanol–water partition coefficient (Wildman–Crippen LogP) is 17.9. The van der Waals surface area contributed by atoms with Crippen molar-refractivity contribution >= 4 is 76.5 Å². The summed E-state index contributed by atoms with van der Waals surface area (Å²) in [5.41, 5.74) is 18.1. The molecule has 12 N–H and O–H groups in total. The summed E-state index contributed by atoms with van der Waals surface area (Å²) in [6, 6.07) is 79.3. The third kappa shape index (κ3) is 38.8. The monoisotopic (exact) mass is 1970 g/mol. The van der Waals surface area contributed by atoms with Crippen molar-refractivity contribution in [2.75, 3.05) is 32.2 Å². The number of aliphatic hydroxyl groups excluding tert-OH is 4. The van der Waals surface area contributed by atoms with Crippen LogP contribution in [0.3, 0.4) is 0 Å². The lowest BCUT2D eigenvalue weighted by Gasteiger charge is -2.22. The number of amides is 3. The number of aliphatic hydroxyl groups is 4. The molecule has 141 heavy (non-hydrogen) atoms. The Hall–Kier alpha value is -16.1. The highest BCUT2D eigenvalue weighted by atomic mass is 35.5. The van der Waals surface area contributed by atoms with Gasteiger partial charge in [0.05, 0.1) is 74.5 Å². The van der Waals surface area contributed by atoms with Crippen molar-refractivity contribution in [1.82, 2.24) is 45.9 Å². The van der Waals surface area contributed by atoms with Crippen molar-refractivity contribution in [3.8, 4) is 91.0 Å². The lowest BCUT2D eigenvalue weighted by molar-refractivity contribution is -0.140. The summed E-state index contributed by atoms with van der Waals surface area (Å²) in [7, 11) is 0. The number of rotatable bonds is 31. The standard InChI is InChI=1S/C27H22FN3O4.C26H27FN2O5.C21H19FN2O3.C17H13FN2O.C8H15NO5.C6H4ClNO.ClH/c28-19-9-13-22(14-10-19)35-21-11-7-18(8-12-21)23-6-3-4-20(30-23)16-26(33)25(17-32)31-27(34)24-5-1-2-15-29-24;1-26(2,3)34-25(32)29-23(16-30)24(31)15-19-5-4-6-22(28-19)17-7-11-20(12-8-17)33-21-13-9-18(27)10-14-21;22-15-6-10-18(11-7-15)27-17-8-4-14(5-9-17)20-3-1-2-16(24-20)12-21(26)19(23)13-25;18-13-6-10-15(11-7-13)21-14-8-4-12(5-9-14)16-2-1-3-17(19)20-16;1-8(2,3)14-7(13)9-5(4-10)6(11)12;7-6(9)5-3-1-2-4-8-5;/h1-15,25,32H,16-17H2,(H,31,34);4-14,23,30H,15-16H2,1-3H3,(H,29,32);1-11,19,25H,12-13,23H2;1-11H,(H2,19,20);5,10H,4H2,1-3H3,(H,9,13)(H,11,12);1-4H;1H/t25-;23-;19-;;5-;;/m000.0../s1. The van der Waals surface area contributed by atoms with Gasteiger partial charge in [0.25, 0.3) is 11.1 Å². The number of carbonyl (C=O) groups is 8. The number of hydrogen-bond donors (Lipinski definition) is 10. The maximum Gasteiger partial charge on any atom is 0.408 e. The van der Waals surface area contributed by atoms with E-state index in [4.69, 9.17) is 66.8 Å². The van der Waals surface area contributed by atoms with Gasteiger partial charge in [-0.05, 0) is 320 Å². The highest BCUT2D eigenvalue weighted by Gasteiger charge is 2.27. The van der Waals surface area contributed by atoms with E-state index in [1.165, 1.54) is 67.0 Å². The van der Waals surface area contributed by atoms with Crippen molar-refractivity contribution < 1.29 is 110 Å². The smallest absolute Gasteiger partial charge is 0.408 e. The number of hydrogen-bond acceptors (Lipinski definition) is 26. The maximum atomic E-state index is 13.1. The molecule has 0 aliphatic rings. The number of carbonyl (C=O) groups excluding carboxylic acids is 7. The van der Waals surface area contributed by atoms with E-state index in [1.807, 2.05) is 102 Å². The van der Waals surface area contributed by atoms with Gasteiger partial charge in [-0.25, -0.2) is 36.9 Å². The Bertz CT molecular complexity index is 6380. The fourth-order valence-electron chi connectivity index (χ4n) is 11.9. The molecule has 30 nitrogen and oxygen atoms in total. The van der Waals surface area contributed by atoms with E-state index < -0.39 is 84.5 Å². The van der Waals surface area contributed by atoms with E-state index in [0.29, 0.717) is 91.7 Å². The number of aliphatic carboxylic acids is 1. The Labute approximate surface area is 820 Å². The number of alkyl carbamates (subject to hydrolysis) is 2. The fourth-order valence-corrected chi connectivity index (χ4v) is 12.0. The zero-order chi connectivity index (χ0) is 101. The van der Waals surface area contributed by atoms with Gasteiger partial charge in [-0.2, -0.15) is 0 Å². The van der Waals surface area contributed by atoms with Crippen LogP contribution in [-0.4, -0.2) is 164 Å². The lowest BCUT2D eigenvalue weighted by atomic mass is 10.1. The lowest BCUT2D eigenvalue weighted by Crippen LogP contribution is -2.46. The molecule has 6 heterocycles. The van der Waals surface area contributed by atoms with Crippen molar-refractivity contribution in [1.29, 1.82) is 0 Å². The van der Waals surface area contributed by atoms with Crippen LogP contribution >= 0.6 is 24.0 Å². The summed E-state index contributed by atoms with van der Waals surface area (Å²) in [4.78, 5) is 119. The molecule has 14 aromatic rings. The number of ketones is 3. The van der Waals surface area contributed by atoms with Crippen LogP contribution in [0.5, 0.6) is 46.0 Å². The average Bonchev–Trinajstić information content (AvgIpc) is 0.837. The molecule has 0 aliphatic heterocycles. The highest BCUT2D eigenvalue weighted by Crippen LogP contribution is 2.32. The van der Waals surface area contributed by atoms with Crippen LogP contribution in [0.1, 0.15) is 79.6 Å². The topological polar surface area (TPSA) is 459 Å². The van der Waals surface area contributed by atoms with Crippen LogP contribution in [0.15, 0.2) is 316 Å². The van der Waals surface area contributed by atoms with Gasteiger partial charge in [-0.3, -0.25) is 48.9 Å². The average molecular weight is 1970 g/mol. The van der Waals surface area contributed by atoms with E-state index in [2.05, 4.69) is 40.5 Å². The molecule has 14 rings (SSSR count). The number of ether oxygens (including phenoxy) is 6. The van der Waals surface area contributed by atoms with Crippen LogP contribution < -0.4 is 46.4 Å². The van der Waals surface area contributed by atoms with Crippen LogP contribution in [0.2, 0.25) is 0 Å². The van der Waals surface area contributed by atoms with Crippen molar-refractivity contribution in [2.24, 2.45) is 5.73 Å². The van der Waals surface area contributed by atoms with Gasteiger partial charge in [0.2, 0.25) is 0 Å². The molecule has 732 valence electrons. The predicted molar refractivity (Wildman–Crippen MR) is 523 cm³/mol. The quantitative estimate of drug-likeness (QED) is 0.0142. The van der Waals surface area contributed by atoms with E-state index in [0.717, 1.165) is 27.9 Å². The molecular weight excluding hydrogens is 1870 g/mol. The van der Waals surface area contributed by atoms with Crippen LogP contribution in [-0.2, 0) is 47.9 Å². The summed E-state index contributed by atoms with van der Waals surface area (Å²) in [6.45, 7) is 7.95. The minimum Gasteiger partial charge on any atom is -0.480 e. The number of Topliss-reactive ketones (excluding diaryl/α,β-unsaturated/α-hetero) is 3. The Kier molecular flexibility index (Phi) is 43.3. The van der Waals surface area contributed by atoms with Crippen LogP contribution in [0.25, 0.3) is 45.0 Å². The minimum atomic E-state index is -1.33. The third-order valence-electron chi connectivity index (χ3n) is 18.7. The molecule has 3 amide bonds. The molecule has 0 bridgehead atoms. The number of aromatic nitrogens is 6. The molecule has 0 saturated heterocycles. The Morgan fingerprint density at radius 3 is 0.887 bits per heavy atom. The normalized spacial score (nSPS) is 11.4. The minimum absolute atomic E-state index is 0. The molecule has 0 radical (unpaired) electrons. The van der Waals surface area contributed by atoms with Gasteiger partial charge in [-0.15, -0.1) is 12.4 Å². The second-order valence-electron chi connectivity index (χ2n) is 32.0. The van der Waals surface area contributed by atoms with Gasteiger partial charge in [0.1, 0.15) is 110 Å². The van der Waals surface area contributed by atoms with Gasteiger partial charge in [0.15, 0.2) is 23.4 Å². The Morgan fingerprint density at radius 1 is 0.348 bits per heavy atom. The molecule has 0 spiro atoms. The van der Waals surface area contributed by atoms with E-state index >= 15 is 0 Å². The first kappa shape index (κ1) is 110. The fraction of sp³-hybridized carbons (Fsp3) is 0.181. The molecule has 0 saturated carbocycles. The number of anilines is 1. The summed E-state index contributed by atoms with van der Waals surface area (Å²) in [6.07, 6.45) is 1.30. The summed E-state index contributed by atoms with van der Waals surface area (Å²) in [5.74, 6) is 0.980.